The van der Waals surface area contributed by atoms with Crippen molar-refractivity contribution in [2.24, 2.45) is 0 Å². The van der Waals surface area contributed by atoms with Crippen molar-refractivity contribution in [3.63, 3.8) is 0 Å². The molecule has 3 N–H and O–H groups in total. The third-order valence-electron chi connectivity index (χ3n) is 17.6. The zero-order valence-corrected chi connectivity index (χ0v) is 64.8. The van der Waals surface area contributed by atoms with E-state index < -0.39 is 97.5 Å². The summed E-state index contributed by atoms with van der Waals surface area (Å²) in [4.78, 5) is 72.9. The third kappa shape index (κ3) is 71.7. The van der Waals surface area contributed by atoms with Gasteiger partial charge in [-0.05, 0) is 83.5 Å². The van der Waals surface area contributed by atoms with Crippen molar-refractivity contribution in [2.75, 3.05) is 39.6 Å². The molecule has 0 bridgehead atoms. The molecule has 2 unspecified atom stereocenters. The number of phosphoric ester groups is 2. The average Bonchev–Trinajstić information content (AvgIpc) is 1.04. The summed E-state index contributed by atoms with van der Waals surface area (Å²) in [5, 5.41) is 10.6. The molecule has 19 heteroatoms. The van der Waals surface area contributed by atoms with E-state index in [0.29, 0.717) is 25.7 Å². The van der Waals surface area contributed by atoms with Crippen LogP contribution in [0.5, 0.6) is 0 Å². The standard InChI is InChI=1S/C79H148O17P2/c1-5-9-13-17-21-25-29-33-36-40-43-47-51-55-59-63-76(81)89-69-74(95-78(83)65-61-57-53-49-45-39-32-28-24-20-16-12-8-4)71-93-97(85,86)91-67-73(80)68-92-98(87,88)94-72-75(96-79(84)66-62-58-54-50-46-42-38-35-31-27-23-19-15-11-7-3)70-90-77(82)64-60-56-52-48-44-41-37-34-30-26-22-18-14-10-6-2/h22,26,34-35,37-38,73-75,80H,5-21,23-25,27-33,36,39-72H2,1-4H3,(H,85,86)(H,87,88)/b26-22-,37-34-,38-35-/t73-,74+,75+/m0/s1. The monoisotopic (exact) mass is 1430 g/mol. The number of ether oxygens (including phenoxy) is 4. The molecule has 0 spiro atoms. The number of rotatable bonds is 77. The maximum atomic E-state index is 13.1. The summed E-state index contributed by atoms with van der Waals surface area (Å²) in [6.45, 7) is 4.92. The Morgan fingerprint density at radius 2 is 0.500 bits per heavy atom. The van der Waals surface area contributed by atoms with Crippen LogP contribution in [0.3, 0.4) is 0 Å². The average molecular weight is 1430 g/mol. The Labute approximate surface area is 598 Å². The van der Waals surface area contributed by atoms with E-state index in [1.165, 1.54) is 180 Å². The number of phosphoric acid groups is 2. The Bertz CT molecular complexity index is 2000. The Hall–Kier alpha value is -2.72. The van der Waals surface area contributed by atoms with E-state index >= 15 is 0 Å². The second-order valence-electron chi connectivity index (χ2n) is 27.4. The fraction of sp³-hybridized carbons (Fsp3) is 0.873. The number of esters is 4. The van der Waals surface area contributed by atoms with Crippen molar-refractivity contribution < 1.29 is 80.2 Å². The van der Waals surface area contributed by atoms with Crippen LogP contribution in [0.1, 0.15) is 387 Å². The van der Waals surface area contributed by atoms with Crippen molar-refractivity contribution >= 4 is 39.5 Å². The van der Waals surface area contributed by atoms with Crippen molar-refractivity contribution in [3.05, 3.63) is 36.5 Å². The minimum atomic E-state index is -4.97. The van der Waals surface area contributed by atoms with E-state index in [1.807, 2.05) is 0 Å². The Balaban J connectivity index is 5.31. The van der Waals surface area contributed by atoms with E-state index in [0.717, 1.165) is 128 Å². The fourth-order valence-electron chi connectivity index (χ4n) is 11.4. The van der Waals surface area contributed by atoms with Crippen LogP contribution in [-0.2, 0) is 65.4 Å². The number of unbranched alkanes of at least 4 members (excludes halogenated alkanes) is 45. The molecule has 0 saturated heterocycles. The topological polar surface area (TPSA) is 237 Å². The number of allylic oxidation sites excluding steroid dienone is 6. The summed E-state index contributed by atoms with van der Waals surface area (Å²) in [7, 11) is -9.93. The first-order valence-electron chi connectivity index (χ1n) is 40.2. The van der Waals surface area contributed by atoms with Crippen LogP contribution in [0.2, 0.25) is 0 Å². The van der Waals surface area contributed by atoms with Gasteiger partial charge in [0.15, 0.2) is 12.2 Å². The molecule has 0 aliphatic carbocycles. The molecule has 0 fully saturated rings. The lowest BCUT2D eigenvalue weighted by Gasteiger charge is -2.21. The first kappa shape index (κ1) is 95.3. The summed E-state index contributed by atoms with van der Waals surface area (Å²) in [5.74, 6) is -2.15. The minimum absolute atomic E-state index is 0.0882. The van der Waals surface area contributed by atoms with Crippen LogP contribution in [-0.4, -0.2) is 96.7 Å². The quantitative estimate of drug-likeness (QED) is 0.0169. The highest BCUT2D eigenvalue weighted by Crippen LogP contribution is 2.45. The largest absolute Gasteiger partial charge is 0.472 e. The number of aliphatic hydroxyl groups excluding tert-OH is 1. The van der Waals surface area contributed by atoms with Gasteiger partial charge in [0.1, 0.15) is 19.3 Å². The first-order chi connectivity index (χ1) is 47.7. The second kappa shape index (κ2) is 72.6. The van der Waals surface area contributed by atoms with Crippen molar-refractivity contribution in [1.29, 1.82) is 0 Å². The van der Waals surface area contributed by atoms with Crippen LogP contribution in [0.15, 0.2) is 36.5 Å². The van der Waals surface area contributed by atoms with E-state index in [2.05, 4.69) is 64.2 Å². The molecule has 0 aromatic rings. The normalized spacial score (nSPS) is 14.1. The SMILES string of the molecule is CCCCC/C=C\C/C=C\CCCCCCCC(=O)OC[C@H](COP(=O)(O)OC[C@@H](O)COP(=O)(O)OC[C@@H](COC(=O)CCCCCCCCCCCCCCCCC)OC(=O)CCCCCCCCCCCCCCC)OC(=O)CCCCCCC/C=C\CCCCCCCC. The van der Waals surface area contributed by atoms with Crippen LogP contribution < -0.4 is 0 Å². The number of carbonyl (C=O) groups excluding carboxylic acids is 4. The molecule has 576 valence electrons. The zero-order chi connectivity index (χ0) is 71.8. The number of hydrogen-bond donors (Lipinski definition) is 3. The highest BCUT2D eigenvalue weighted by Gasteiger charge is 2.30. The Morgan fingerprint density at radius 3 is 0.786 bits per heavy atom. The summed E-state index contributed by atoms with van der Waals surface area (Å²) in [6.07, 6.45) is 68.3. The second-order valence-corrected chi connectivity index (χ2v) is 30.3. The first-order valence-corrected chi connectivity index (χ1v) is 43.2. The molecule has 0 aromatic carbocycles. The highest BCUT2D eigenvalue weighted by molar-refractivity contribution is 7.47. The van der Waals surface area contributed by atoms with Gasteiger partial charge in [-0.1, -0.05) is 315 Å². The molecule has 0 aromatic heterocycles. The van der Waals surface area contributed by atoms with Crippen LogP contribution >= 0.6 is 15.6 Å². The molecule has 0 aliphatic rings. The van der Waals surface area contributed by atoms with Crippen molar-refractivity contribution in [1.82, 2.24) is 0 Å². The highest BCUT2D eigenvalue weighted by atomic mass is 31.2. The molecular weight excluding hydrogens is 1280 g/mol. The van der Waals surface area contributed by atoms with Gasteiger partial charge in [0.25, 0.3) is 0 Å². The third-order valence-corrected chi connectivity index (χ3v) is 19.5. The van der Waals surface area contributed by atoms with Crippen LogP contribution in [0.4, 0.5) is 0 Å². The number of hydrogen-bond acceptors (Lipinski definition) is 15. The summed E-state index contributed by atoms with van der Waals surface area (Å²) < 4.78 is 68.6. The maximum absolute atomic E-state index is 13.1. The minimum Gasteiger partial charge on any atom is -0.462 e. The van der Waals surface area contributed by atoms with Crippen molar-refractivity contribution in [2.45, 2.75) is 406 Å². The van der Waals surface area contributed by atoms with E-state index in [4.69, 9.17) is 37.0 Å². The lowest BCUT2D eigenvalue weighted by molar-refractivity contribution is -0.161. The molecule has 0 saturated carbocycles. The Morgan fingerprint density at radius 1 is 0.286 bits per heavy atom. The maximum Gasteiger partial charge on any atom is 0.472 e. The molecule has 0 aliphatic heterocycles. The zero-order valence-electron chi connectivity index (χ0n) is 63.0. The molecule has 0 radical (unpaired) electrons. The van der Waals surface area contributed by atoms with Gasteiger partial charge < -0.3 is 33.8 Å². The molecule has 98 heavy (non-hydrogen) atoms. The van der Waals surface area contributed by atoms with Gasteiger partial charge in [-0.3, -0.25) is 37.3 Å². The van der Waals surface area contributed by atoms with Gasteiger partial charge in [0.05, 0.1) is 26.4 Å². The summed E-state index contributed by atoms with van der Waals surface area (Å²) in [6, 6.07) is 0. The lowest BCUT2D eigenvalue weighted by atomic mass is 10.0. The van der Waals surface area contributed by atoms with Crippen molar-refractivity contribution in [3.8, 4) is 0 Å². The van der Waals surface area contributed by atoms with E-state index in [1.54, 1.807) is 0 Å². The van der Waals surface area contributed by atoms with Gasteiger partial charge in [0, 0.05) is 25.7 Å². The number of carbonyl (C=O) groups is 4. The molecule has 5 atom stereocenters. The number of aliphatic hydroxyl groups is 1. The van der Waals surface area contributed by atoms with Crippen LogP contribution in [0, 0.1) is 0 Å². The molecule has 0 rings (SSSR count). The smallest absolute Gasteiger partial charge is 0.462 e. The van der Waals surface area contributed by atoms with E-state index in [-0.39, 0.29) is 25.7 Å². The van der Waals surface area contributed by atoms with Gasteiger partial charge in [0.2, 0.25) is 0 Å². The lowest BCUT2D eigenvalue weighted by Crippen LogP contribution is -2.30. The van der Waals surface area contributed by atoms with Gasteiger partial charge in [-0.15, -0.1) is 0 Å². The molecule has 0 amide bonds. The molecule has 17 nitrogen and oxygen atoms in total. The van der Waals surface area contributed by atoms with Gasteiger partial charge in [-0.2, -0.15) is 0 Å². The predicted octanol–water partition coefficient (Wildman–Crippen LogP) is 23.1. The molecule has 0 heterocycles. The fourth-order valence-corrected chi connectivity index (χ4v) is 13.0. The predicted molar refractivity (Wildman–Crippen MR) is 400 cm³/mol. The van der Waals surface area contributed by atoms with E-state index in [9.17, 15) is 43.2 Å². The van der Waals surface area contributed by atoms with Gasteiger partial charge >= 0.3 is 39.5 Å². The van der Waals surface area contributed by atoms with Gasteiger partial charge in [-0.25, -0.2) is 9.13 Å². The summed E-state index contributed by atoms with van der Waals surface area (Å²) in [5.41, 5.74) is 0. The molecular formula is C79H148O17P2. The Kier molecular flexibility index (Phi) is 70.6. The van der Waals surface area contributed by atoms with Crippen LogP contribution in [0.25, 0.3) is 0 Å². The summed E-state index contributed by atoms with van der Waals surface area (Å²) >= 11 is 0.